The van der Waals surface area contributed by atoms with Crippen LogP contribution in [-0.4, -0.2) is 47.1 Å². The van der Waals surface area contributed by atoms with Gasteiger partial charge < -0.3 is 15.3 Å². The quantitative estimate of drug-likeness (QED) is 0.556. The van der Waals surface area contributed by atoms with Gasteiger partial charge in [-0.1, -0.05) is 91.0 Å². The van der Waals surface area contributed by atoms with Gasteiger partial charge in [0.25, 0.3) is 0 Å². The Labute approximate surface area is 206 Å². The summed E-state index contributed by atoms with van der Waals surface area (Å²) in [6, 6.07) is 30.3. The predicted octanol–water partition coefficient (Wildman–Crippen LogP) is 3.71. The van der Waals surface area contributed by atoms with Crippen molar-refractivity contribution in [3.63, 3.8) is 0 Å². The largest absolute Gasteiger partial charge is 0.389 e. The Morgan fingerprint density at radius 2 is 1.34 bits per heavy atom. The average Bonchev–Trinajstić information content (AvgIpc) is 3.66. The van der Waals surface area contributed by atoms with Crippen LogP contribution in [0, 0.1) is 5.92 Å². The van der Waals surface area contributed by atoms with Crippen molar-refractivity contribution in [2.75, 3.05) is 19.6 Å². The normalized spacial score (nSPS) is 20.1. The Morgan fingerprint density at radius 1 is 0.829 bits per heavy atom. The van der Waals surface area contributed by atoms with Gasteiger partial charge in [-0.05, 0) is 36.0 Å². The maximum atomic E-state index is 13.1. The highest BCUT2D eigenvalue weighted by atomic mass is 16.3. The molecule has 2 N–H and O–H groups in total. The molecular formula is C30H32N2O3. The van der Waals surface area contributed by atoms with E-state index >= 15 is 0 Å². The molecule has 2 amide bonds. The topological polar surface area (TPSA) is 69.6 Å². The molecule has 2 aliphatic rings. The summed E-state index contributed by atoms with van der Waals surface area (Å²) in [5.74, 6) is -0.369. The number of hydrogen-bond donors (Lipinski definition) is 2. The third-order valence-corrected chi connectivity index (χ3v) is 7.69. The molecule has 1 saturated carbocycles. The zero-order chi connectivity index (χ0) is 24.3. The second-order valence-corrected chi connectivity index (χ2v) is 9.95. The molecule has 1 saturated heterocycles. The van der Waals surface area contributed by atoms with Crippen LogP contribution in [0.1, 0.15) is 36.0 Å². The minimum Gasteiger partial charge on any atom is -0.389 e. The summed E-state index contributed by atoms with van der Waals surface area (Å²) in [5, 5.41) is 13.9. The number of hydrogen-bond acceptors (Lipinski definition) is 3. The van der Waals surface area contributed by atoms with Crippen molar-refractivity contribution in [1.82, 2.24) is 10.2 Å². The third-order valence-electron chi connectivity index (χ3n) is 7.69. The molecule has 0 spiro atoms. The number of amides is 2. The van der Waals surface area contributed by atoms with Gasteiger partial charge in [-0.2, -0.15) is 0 Å². The Bertz CT molecular complexity index is 1120. The molecule has 1 atom stereocenters. The summed E-state index contributed by atoms with van der Waals surface area (Å²) in [7, 11) is 0. The molecular weight excluding hydrogens is 436 g/mol. The van der Waals surface area contributed by atoms with Crippen LogP contribution in [0.15, 0.2) is 91.0 Å². The zero-order valence-electron chi connectivity index (χ0n) is 19.9. The van der Waals surface area contributed by atoms with Crippen molar-refractivity contribution in [2.24, 2.45) is 5.92 Å². The minimum atomic E-state index is -0.791. The lowest BCUT2D eigenvalue weighted by atomic mass is 9.85. The Hall–Kier alpha value is -3.44. The number of piperidine rings is 1. The lowest BCUT2D eigenvalue weighted by Gasteiger charge is -2.38. The number of nitrogens with zero attached hydrogens (tertiary/aromatic N) is 1. The lowest BCUT2D eigenvalue weighted by molar-refractivity contribution is -0.136. The highest BCUT2D eigenvalue weighted by Gasteiger charge is 2.60. The van der Waals surface area contributed by atoms with Crippen molar-refractivity contribution in [2.45, 2.75) is 36.7 Å². The van der Waals surface area contributed by atoms with E-state index in [1.54, 1.807) is 4.90 Å². The number of rotatable bonds is 7. The number of benzene rings is 3. The van der Waals surface area contributed by atoms with Crippen molar-refractivity contribution in [1.29, 1.82) is 0 Å². The van der Waals surface area contributed by atoms with Crippen LogP contribution in [0.4, 0.5) is 0 Å². The second-order valence-electron chi connectivity index (χ2n) is 9.95. The van der Waals surface area contributed by atoms with Crippen molar-refractivity contribution >= 4 is 11.8 Å². The van der Waals surface area contributed by atoms with Gasteiger partial charge in [-0.15, -0.1) is 0 Å². The fourth-order valence-electron chi connectivity index (χ4n) is 5.58. The lowest BCUT2D eigenvalue weighted by Crippen LogP contribution is -2.50. The number of likely N-dealkylation sites (tertiary alicyclic amines) is 1. The van der Waals surface area contributed by atoms with Gasteiger partial charge in [0.1, 0.15) is 0 Å². The summed E-state index contributed by atoms with van der Waals surface area (Å²) in [6.07, 6.45) is 2.40. The molecule has 5 nitrogen and oxygen atoms in total. The van der Waals surface area contributed by atoms with Gasteiger partial charge in [0.05, 0.1) is 18.1 Å². The standard InChI is InChI=1S/C30H32N2O3/c33-27(32-18-16-29(35,17-19-32)20-23-10-4-1-5-11-23)22-31-28(34)26-21-30(26,24-12-6-2-7-13-24)25-14-8-3-9-15-25/h1-15,26,35H,16-22H2,(H,31,34). The van der Waals surface area contributed by atoms with Crippen molar-refractivity contribution < 1.29 is 14.7 Å². The van der Waals surface area contributed by atoms with E-state index in [4.69, 9.17) is 0 Å². The molecule has 1 unspecified atom stereocenters. The van der Waals surface area contributed by atoms with E-state index in [1.165, 1.54) is 0 Å². The summed E-state index contributed by atoms with van der Waals surface area (Å²) in [5.41, 5.74) is 2.24. The molecule has 5 heteroatoms. The van der Waals surface area contributed by atoms with Crippen LogP contribution >= 0.6 is 0 Å². The van der Waals surface area contributed by atoms with Gasteiger partial charge in [0.2, 0.25) is 11.8 Å². The SMILES string of the molecule is O=C(NCC(=O)N1CCC(O)(Cc2ccccc2)CC1)C1CC1(c1ccccc1)c1ccccc1. The van der Waals surface area contributed by atoms with Crippen LogP contribution in [-0.2, 0) is 21.4 Å². The van der Waals surface area contributed by atoms with Crippen LogP contribution in [0.2, 0.25) is 0 Å². The van der Waals surface area contributed by atoms with Gasteiger partial charge in [0, 0.05) is 24.9 Å². The molecule has 5 rings (SSSR count). The summed E-state index contributed by atoms with van der Waals surface area (Å²) < 4.78 is 0. The van der Waals surface area contributed by atoms with Crippen LogP contribution in [0.3, 0.4) is 0 Å². The van der Waals surface area contributed by atoms with E-state index in [-0.39, 0.29) is 29.7 Å². The summed E-state index contributed by atoms with van der Waals surface area (Å²) in [6.45, 7) is 0.991. The molecule has 0 bridgehead atoms. The first kappa shape index (κ1) is 23.3. The van der Waals surface area contributed by atoms with Gasteiger partial charge in [0.15, 0.2) is 0 Å². The molecule has 1 aliphatic heterocycles. The second kappa shape index (κ2) is 9.67. The van der Waals surface area contributed by atoms with E-state index in [0.29, 0.717) is 32.4 Å². The molecule has 2 fully saturated rings. The molecule has 0 aromatic heterocycles. The molecule has 3 aromatic carbocycles. The average molecular weight is 469 g/mol. The zero-order valence-corrected chi connectivity index (χ0v) is 19.9. The van der Waals surface area contributed by atoms with Gasteiger partial charge in [-0.3, -0.25) is 9.59 Å². The van der Waals surface area contributed by atoms with E-state index in [1.807, 2.05) is 66.7 Å². The van der Waals surface area contributed by atoms with Crippen molar-refractivity contribution in [3.8, 4) is 0 Å². The first-order chi connectivity index (χ1) is 17.0. The smallest absolute Gasteiger partial charge is 0.241 e. The molecule has 35 heavy (non-hydrogen) atoms. The first-order valence-electron chi connectivity index (χ1n) is 12.4. The molecule has 1 aliphatic carbocycles. The maximum absolute atomic E-state index is 13.1. The highest BCUT2D eigenvalue weighted by Crippen LogP contribution is 2.58. The Kier molecular flexibility index (Phi) is 6.44. The highest BCUT2D eigenvalue weighted by molar-refractivity contribution is 5.90. The fourth-order valence-corrected chi connectivity index (χ4v) is 5.58. The monoisotopic (exact) mass is 468 g/mol. The first-order valence-corrected chi connectivity index (χ1v) is 12.4. The maximum Gasteiger partial charge on any atom is 0.241 e. The molecule has 3 aromatic rings. The van der Waals surface area contributed by atoms with Gasteiger partial charge >= 0.3 is 0 Å². The summed E-state index contributed by atoms with van der Waals surface area (Å²) in [4.78, 5) is 27.7. The Balaban J connectivity index is 1.17. The van der Waals surface area contributed by atoms with Crippen molar-refractivity contribution in [3.05, 3.63) is 108 Å². The predicted molar refractivity (Wildman–Crippen MR) is 136 cm³/mol. The van der Waals surface area contributed by atoms with Crippen LogP contribution < -0.4 is 5.32 Å². The number of carbonyl (C=O) groups excluding carboxylic acids is 2. The molecule has 1 heterocycles. The minimum absolute atomic E-state index is 0.00783. The number of aliphatic hydroxyl groups is 1. The fraction of sp³-hybridized carbons (Fsp3) is 0.333. The van der Waals surface area contributed by atoms with E-state index < -0.39 is 5.60 Å². The number of carbonyl (C=O) groups is 2. The van der Waals surface area contributed by atoms with Gasteiger partial charge in [-0.25, -0.2) is 0 Å². The molecule has 180 valence electrons. The molecule has 0 radical (unpaired) electrons. The summed E-state index contributed by atoms with van der Waals surface area (Å²) >= 11 is 0. The van der Waals surface area contributed by atoms with Crippen LogP contribution in [0.5, 0.6) is 0 Å². The Morgan fingerprint density at radius 3 is 1.89 bits per heavy atom. The van der Waals surface area contributed by atoms with E-state index in [9.17, 15) is 14.7 Å². The van der Waals surface area contributed by atoms with E-state index in [2.05, 4.69) is 29.6 Å². The number of nitrogens with one attached hydrogen (secondary N) is 1. The van der Waals surface area contributed by atoms with Crippen LogP contribution in [0.25, 0.3) is 0 Å². The van der Waals surface area contributed by atoms with E-state index in [0.717, 1.165) is 23.1 Å². The third kappa shape index (κ3) is 4.87.